The van der Waals surface area contributed by atoms with Gasteiger partial charge in [0.2, 0.25) is 0 Å². The number of aliphatic hydroxyl groups excluding tert-OH is 1. The van der Waals surface area contributed by atoms with Gasteiger partial charge in [-0.2, -0.15) is 0 Å². The lowest BCUT2D eigenvalue weighted by atomic mass is 10.0. The molecule has 1 heterocycles. The van der Waals surface area contributed by atoms with E-state index >= 15 is 0 Å². The molecule has 23 heavy (non-hydrogen) atoms. The molecular weight excluding hydrogens is 312 g/mol. The first kappa shape index (κ1) is 15.5. The van der Waals surface area contributed by atoms with E-state index in [1.165, 1.54) is 11.3 Å². The average molecular weight is 328 g/mol. The molecule has 0 atom stereocenters. The summed E-state index contributed by atoms with van der Waals surface area (Å²) in [5, 5.41) is 10.4. The summed E-state index contributed by atoms with van der Waals surface area (Å²) in [5.41, 5.74) is 1.07. The lowest BCUT2D eigenvalue weighted by Crippen LogP contribution is -2.08. The van der Waals surface area contributed by atoms with E-state index in [0.717, 1.165) is 4.70 Å². The number of ether oxygens (including phenoxy) is 2. The van der Waals surface area contributed by atoms with E-state index in [0.29, 0.717) is 32.9 Å². The Labute approximate surface area is 137 Å². The van der Waals surface area contributed by atoms with Crippen LogP contribution in [0.2, 0.25) is 0 Å². The molecule has 0 aliphatic rings. The average Bonchev–Trinajstić information content (AvgIpc) is 2.60. The molecule has 3 aromatic rings. The van der Waals surface area contributed by atoms with Crippen molar-refractivity contribution >= 4 is 21.4 Å². The summed E-state index contributed by atoms with van der Waals surface area (Å²) >= 11 is 1.42. The number of rotatable bonds is 4. The number of aliphatic hydroxyl groups is 1. The van der Waals surface area contributed by atoms with Crippen LogP contribution < -0.4 is 14.9 Å². The van der Waals surface area contributed by atoms with E-state index in [-0.39, 0.29) is 12.0 Å². The largest absolute Gasteiger partial charge is 0.497 e. The van der Waals surface area contributed by atoms with E-state index in [4.69, 9.17) is 9.47 Å². The summed E-state index contributed by atoms with van der Waals surface area (Å²) in [5.74, 6) is 1.20. The summed E-state index contributed by atoms with van der Waals surface area (Å²) in [6, 6.07) is 12.7. The summed E-state index contributed by atoms with van der Waals surface area (Å²) < 4.78 is 11.4. The number of hydrogen-bond acceptors (Lipinski definition) is 5. The van der Waals surface area contributed by atoms with Crippen molar-refractivity contribution in [3.63, 3.8) is 0 Å². The van der Waals surface area contributed by atoms with E-state index in [9.17, 15) is 9.90 Å². The minimum atomic E-state index is -0.195. The SMILES string of the molecule is COc1cc(OC)cc(-c2c(CO)sc3ccccc3c2=O)c1. The number of benzene rings is 2. The third-order valence-corrected chi connectivity index (χ3v) is 4.81. The van der Waals surface area contributed by atoms with Crippen LogP contribution in [0.1, 0.15) is 4.88 Å². The maximum absolute atomic E-state index is 12.9. The van der Waals surface area contributed by atoms with Crippen molar-refractivity contribution in [3.05, 3.63) is 57.6 Å². The first-order chi connectivity index (χ1) is 11.2. The summed E-state index contributed by atoms with van der Waals surface area (Å²) in [4.78, 5) is 13.6. The Morgan fingerprint density at radius 2 is 1.70 bits per heavy atom. The number of fused-ring (bicyclic) bond motifs is 1. The van der Waals surface area contributed by atoms with Gasteiger partial charge < -0.3 is 14.6 Å². The highest BCUT2D eigenvalue weighted by Gasteiger charge is 2.15. The predicted octanol–water partition coefficient (Wildman–Crippen LogP) is 3.44. The quantitative estimate of drug-likeness (QED) is 0.797. The molecule has 118 valence electrons. The molecule has 0 spiro atoms. The van der Waals surface area contributed by atoms with Crippen LogP contribution in [0.5, 0.6) is 11.5 Å². The van der Waals surface area contributed by atoms with Gasteiger partial charge >= 0.3 is 0 Å². The van der Waals surface area contributed by atoms with Crippen LogP contribution in [0.4, 0.5) is 0 Å². The zero-order valence-corrected chi connectivity index (χ0v) is 13.6. The smallest absolute Gasteiger partial charge is 0.196 e. The fraction of sp³-hybridized carbons (Fsp3) is 0.167. The zero-order chi connectivity index (χ0) is 16.4. The van der Waals surface area contributed by atoms with Crippen molar-refractivity contribution in [2.45, 2.75) is 6.61 Å². The van der Waals surface area contributed by atoms with Gasteiger partial charge in [0.25, 0.3) is 0 Å². The topological polar surface area (TPSA) is 55.8 Å². The maximum Gasteiger partial charge on any atom is 0.196 e. The highest BCUT2D eigenvalue weighted by atomic mass is 32.1. The molecular formula is C18H16O4S. The summed E-state index contributed by atoms with van der Waals surface area (Å²) in [7, 11) is 3.12. The van der Waals surface area contributed by atoms with Crippen LogP contribution >= 0.6 is 11.3 Å². The summed E-state index contributed by atoms with van der Waals surface area (Å²) in [6.07, 6.45) is 0. The van der Waals surface area contributed by atoms with Gasteiger partial charge in [-0.05, 0) is 29.8 Å². The Balaban J connectivity index is 2.35. The molecule has 2 aromatic carbocycles. The molecule has 0 amide bonds. The lowest BCUT2D eigenvalue weighted by molar-refractivity contribution is 0.286. The van der Waals surface area contributed by atoms with Gasteiger partial charge in [0.15, 0.2) is 5.43 Å². The van der Waals surface area contributed by atoms with Crippen LogP contribution in [0, 0.1) is 0 Å². The van der Waals surface area contributed by atoms with Gasteiger partial charge in [-0.25, -0.2) is 0 Å². The van der Waals surface area contributed by atoms with Gasteiger partial charge in [-0.3, -0.25) is 4.79 Å². The Bertz CT molecular complexity index is 892. The van der Waals surface area contributed by atoms with Gasteiger partial charge in [0.05, 0.1) is 20.8 Å². The lowest BCUT2D eigenvalue weighted by Gasteiger charge is -2.11. The Kier molecular flexibility index (Phi) is 4.32. The van der Waals surface area contributed by atoms with E-state index in [2.05, 4.69) is 0 Å². The highest BCUT2D eigenvalue weighted by molar-refractivity contribution is 7.18. The van der Waals surface area contributed by atoms with Gasteiger partial charge in [-0.15, -0.1) is 11.3 Å². The van der Waals surface area contributed by atoms with Crippen molar-refractivity contribution in [2.24, 2.45) is 0 Å². The first-order valence-electron chi connectivity index (χ1n) is 7.07. The molecule has 0 fully saturated rings. The minimum absolute atomic E-state index is 0.0984. The zero-order valence-electron chi connectivity index (χ0n) is 12.8. The highest BCUT2D eigenvalue weighted by Crippen LogP contribution is 2.33. The monoisotopic (exact) mass is 328 g/mol. The molecule has 0 saturated heterocycles. The number of methoxy groups -OCH3 is 2. The Morgan fingerprint density at radius 3 is 2.30 bits per heavy atom. The molecule has 0 unspecified atom stereocenters. The maximum atomic E-state index is 12.9. The van der Waals surface area contributed by atoms with Crippen LogP contribution in [-0.2, 0) is 6.61 Å². The first-order valence-corrected chi connectivity index (χ1v) is 7.88. The van der Waals surface area contributed by atoms with Crippen molar-refractivity contribution in [1.82, 2.24) is 0 Å². The molecule has 5 heteroatoms. The molecule has 1 N–H and O–H groups in total. The number of hydrogen-bond donors (Lipinski definition) is 1. The van der Waals surface area contributed by atoms with Crippen LogP contribution in [0.15, 0.2) is 47.3 Å². The Morgan fingerprint density at radius 1 is 1.04 bits per heavy atom. The molecule has 0 saturated carbocycles. The second-order valence-electron chi connectivity index (χ2n) is 4.98. The summed E-state index contributed by atoms with van der Waals surface area (Å²) in [6.45, 7) is -0.195. The molecule has 0 radical (unpaired) electrons. The molecule has 0 aliphatic carbocycles. The fourth-order valence-corrected chi connectivity index (χ4v) is 3.60. The van der Waals surface area contributed by atoms with Crippen LogP contribution in [0.25, 0.3) is 21.2 Å². The van der Waals surface area contributed by atoms with E-state index in [1.807, 2.05) is 18.2 Å². The second kappa shape index (κ2) is 6.40. The van der Waals surface area contributed by atoms with E-state index in [1.54, 1.807) is 38.5 Å². The van der Waals surface area contributed by atoms with Crippen molar-refractivity contribution in [1.29, 1.82) is 0 Å². The normalized spacial score (nSPS) is 10.7. The second-order valence-corrected chi connectivity index (χ2v) is 6.12. The third kappa shape index (κ3) is 2.81. The molecule has 4 nitrogen and oxygen atoms in total. The van der Waals surface area contributed by atoms with Crippen LogP contribution in [-0.4, -0.2) is 19.3 Å². The fourth-order valence-electron chi connectivity index (χ4n) is 2.54. The van der Waals surface area contributed by atoms with Crippen molar-refractivity contribution < 1.29 is 14.6 Å². The predicted molar refractivity (Wildman–Crippen MR) is 92.6 cm³/mol. The van der Waals surface area contributed by atoms with Crippen molar-refractivity contribution in [2.75, 3.05) is 14.2 Å². The molecule has 0 aliphatic heterocycles. The minimum Gasteiger partial charge on any atom is -0.497 e. The van der Waals surface area contributed by atoms with Gasteiger partial charge in [0.1, 0.15) is 11.5 Å². The van der Waals surface area contributed by atoms with E-state index < -0.39 is 0 Å². The standard InChI is InChI=1S/C18H16O4S/c1-21-12-7-11(8-13(9-12)22-2)17-16(10-19)23-15-6-4-3-5-14(15)18(17)20/h3-9,19H,10H2,1-2H3. The van der Waals surface area contributed by atoms with Gasteiger partial charge in [-0.1, -0.05) is 12.1 Å². The Hall–Kier alpha value is -2.37. The van der Waals surface area contributed by atoms with Crippen LogP contribution in [0.3, 0.4) is 0 Å². The molecule has 3 rings (SSSR count). The van der Waals surface area contributed by atoms with Gasteiger partial charge in [0, 0.05) is 26.6 Å². The molecule has 0 bridgehead atoms. The third-order valence-electron chi connectivity index (χ3n) is 3.65. The molecule has 1 aromatic heterocycles. The van der Waals surface area contributed by atoms with Crippen molar-refractivity contribution in [3.8, 4) is 22.6 Å².